The van der Waals surface area contributed by atoms with Crippen LogP contribution in [0.2, 0.25) is 0 Å². The van der Waals surface area contributed by atoms with Gasteiger partial charge in [-0.3, -0.25) is 0 Å². The monoisotopic (exact) mass is 378 g/mol. The molecule has 0 radical (unpaired) electrons. The third kappa shape index (κ3) is 3.53. The van der Waals surface area contributed by atoms with E-state index in [2.05, 4.69) is 20.9 Å². The fraction of sp³-hybridized carbons (Fsp3) is 0.227. The van der Waals surface area contributed by atoms with Crippen molar-refractivity contribution in [2.24, 2.45) is 0 Å². The number of benzene rings is 2. The van der Waals surface area contributed by atoms with E-state index in [1.165, 1.54) is 7.11 Å². The van der Waals surface area contributed by atoms with Gasteiger partial charge in [0, 0.05) is 10.9 Å². The summed E-state index contributed by atoms with van der Waals surface area (Å²) < 4.78 is 16.0. The molecule has 0 aliphatic rings. The Balaban J connectivity index is 0.00000109. The topological polar surface area (TPSA) is 78.4 Å². The smallest absolute Gasteiger partial charge is 0.337 e. The highest BCUT2D eigenvalue weighted by Gasteiger charge is 2.17. The normalized spacial score (nSPS) is 10.5. The number of hydrogen-bond donors (Lipinski definition) is 0. The highest BCUT2D eigenvalue weighted by atomic mass is 16.5. The lowest BCUT2D eigenvalue weighted by Gasteiger charge is -1.99. The van der Waals surface area contributed by atoms with E-state index < -0.39 is 5.97 Å². The van der Waals surface area contributed by atoms with Crippen LogP contribution in [0.4, 0.5) is 0 Å². The van der Waals surface area contributed by atoms with Gasteiger partial charge in [0.15, 0.2) is 5.76 Å². The Labute approximate surface area is 163 Å². The second-order valence-electron chi connectivity index (χ2n) is 6.04. The Bertz CT molecular complexity index is 1070. The van der Waals surface area contributed by atoms with Gasteiger partial charge in [0.1, 0.15) is 5.58 Å². The molecule has 0 N–H and O–H groups in total. The number of ether oxygens (including phenoxy) is 1. The fourth-order valence-electron chi connectivity index (χ4n) is 2.81. The molecule has 28 heavy (non-hydrogen) atoms. The number of aromatic nitrogens is 2. The Morgan fingerprint density at radius 1 is 1.00 bits per heavy atom. The predicted molar refractivity (Wildman–Crippen MR) is 107 cm³/mol. The van der Waals surface area contributed by atoms with Crippen molar-refractivity contribution in [2.45, 2.75) is 27.7 Å². The number of fused-ring (bicyclic) bond motifs is 1. The van der Waals surface area contributed by atoms with E-state index in [0.717, 1.165) is 22.1 Å². The van der Waals surface area contributed by atoms with Gasteiger partial charge in [0.05, 0.1) is 12.7 Å². The van der Waals surface area contributed by atoms with E-state index in [1.807, 2.05) is 39.8 Å². The van der Waals surface area contributed by atoms with E-state index in [4.69, 9.17) is 8.94 Å². The summed E-state index contributed by atoms with van der Waals surface area (Å²) in [7, 11) is 1.34. The first-order valence-electron chi connectivity index (χ1n) is 9.09. The Morgan fingerprint density at radius 3 is 2.32 bits per heavy atom. The number of carbonyl (C=O) groups is 1. The zero-order valence-electron chi connectivity index (χ0n) is 16.6. The highest BCUT2D eigenvalue weighted by Crippen LogP contribution is 2.31. The standard InChI is InChI=1S/C20H16N2O4.C2H6/c1-11-4-5-12(2)17-15(11)10-16(25-17)18-21-19(26-22-18)13-6-8-14(9-7-13)20(23)24-3;1-2/h4-10H,1-3H3;1-2H3. The molecule has 0 bridgehead atoms. The van der Waals surface area contributed by atoms with Gasteiger partial charge in [0.25, 0.3) is 5.89 Å². The van der Waals surface area contributed by atoms with Gasteiger partial charge in [-0.25, -0.2) is 4.79 Å². The van der Waals surface area contributed by atoms with Gasteiger partial charge in [-0.2, -0.15) is 4.98 Å². The third-order valence-corrected chi connectivity index (χ3v) is 4.30. The van der Waals surface area contributed by atoms with Gasteiger partial charge in [-0.1, -0.05) is 31.1 Å². The van der Waals surface area contributed by atoms with Crippen molar-refractivity contribution in [3.8, 4) is 23.0 Å². The van der Waals surface area contributed by atoms with Crippen LogP contribution in [0.1, 0.15) is 35.3 Å². The third-order valence-electron chi connectivity index (χ3n) is 4.30. The number of rotatable bonds is 3. The molecule has 0 aliphatic heterocycles. The number of furan rings is 1. The van der Waals surface area contributed by atoms with Crippen LogP contribution in [0.5, 0.6) is 0 Å². The van der Waals surface area contributed by atoms with Crippen LogP contribution in [0.15, 0.2) is 51.4 Å². The predicted octanol–water partition coefficient (Wildman–Crippen LogP) is 5.58. The average Bonchev–Trinajstić information content (AvgIpc) is 3.40. The maximum absolute atomic E-state index is 11.5. The largest absolute Gasteiger partial charge is 0.465 e. The first-order valence-corrected chi connectivity index (χ1v) is 9.09. The number of carbonyl (C=O) groups excluding carboxylic acids is 1. The van der Waals surface area contributed by atoms with Crippen molar-refractivity contribution in [3.05, 3.63) is 59.2 Å². The summed E-state index contributed by atoms with van der Waals surface area (Å²) in [5.41, 5.74) is 4.18. The molecule has 2 aromatic heterocycles. The molecule has 0 atom stereocenters. The average molecular weight is 378 g/mol. The Morgan fingerprint density at radius 2 is 1.68 bits per heavy atom. The summed E-state index contributed by atoms with van der Waals surface area (Å²) in [5.74, 6) is 0.895. The van der Waals surface area contributed by atoms with Crippen LogP contribution >= 0.6 is 0 Å². The van der Waals surface area contributed by atoms with E-state index in [1.54, 1.807) is 24.3 Å². The van der Waals surface area contributed by atoms with Crippen LogP contribution in [0.3, 0.4) is 0 Å². The molecule has 6 heteroatoms. The molecule has 4 aromatic rings. The second kappa shape index (κ2) is 8.08. The quantitative estimate of drug-likeness (QED) is 0.433. The molecular formula is C22H22N2O4. The molecule has 0 saturated heterocycles. The lowest BCUT2D eigenvalue weighted by atomic mass is 10.1. The maximum atomic E-state index is 11.5. The molecule has 0 aliphatic carbocycles. The number of nitrogens with zero attached hydrogens (tertiary/aromatic N) is 2. The first kappa shape index (κ1) is 19.4. The molecule has 6 nitrogen and oxygen atoms in total. The summed E-state index contributed by atoms with van der Waals surface area (Å²) in [4.78, 5) is 15.9. The van der Waals surface area contributed by atoms with Crippen molar-refractivity contribution < 1.29 is 18.5 Å². The summed E-state index contributed by atoms with van der Waals surface area (Å²) in [6.07, 6.45) is 0. The molecule has 4 rings (SSSR count). The maximum Gasteiger partial charge on any atom is 0.337 e. The SMILES string of the molecule is CC.COC(=O)c1ccc(-c2nc(-c3cc4c(C)ccc(C)c4o3)no2)cc1. The number of hydrogen-bond acceptors (Lipinski definition) is 6. The van der Waals surface area contributed by atoms with Crippen LogP contribution in [0, 0.1) is 13.8 Å². The minimum Gasteiger partial charge on any atom is -0.465 e. The van der Waals surface area contributed by atoms with E-state index in [9.17, 15) is 4.79 Å². The van der Waals surface area contributed by atoms with E-state index in [-0.39, 0.29) is 0 Å². The van der Waals surface area contributed by atoms with Gasteiger partial charge >= 0.3 is 5.97 Å². The molecule has 0 unspecified atom stereocenters. The van der Waals surface area contributed by atoms with Gasteiger partial charge in [-0.05, 0) is 55.3 Å². The van der Waals surface area contributed by atoms with E-state index in [0.29, 0.717) is 28.6 Å². The molecule has 2 heterocycles. The molecule has 0 saturated carbocycles. The van der Waals surface area contributed by atoms with Gasteiger partial charge < -0.3 is 13.7 Å². The molecule has 0 fully saturated rings. The van der Waals surface area contributed by atoms with Crippen LogP contribution in [0.25, 0.3) is 34.0 Å². The molecule has 2 aromatic carbocycles. The summed E-state index contributed by atoms with van der Waals surface area (Å²) in [6.45, 7) is 8.03. The molecule has 0 spiro atoms. The Kier molecular flexibility index (Phi) is 5.59. The second-order valence-corrected chi connectivity index (χ2v) is 6.04. The van der Waals surface area contributed by atoms with Crippen LogP contribution in [-0.2, 0) is 4.74 Å². The van der Waals surface area contributed by atoms with Gasteiger partial charge in [-0.15, -0.1) is 0 Å². The van der Waals surface area contributed by atoms with Gasteiger partial charge in [0.2, 0.25) is 5.82 Å². The van der Waals surface area contributed by atoms with Crippen LogP contribution < -0.4 is 0 Å². The minimum absolute atomic E-state index is 0.352. The van der Waals surface area contributed by atoms with E-state index >= 15 is 0 Å². The van der Waals surface area contributed by atoms with Crippen molar-refractivity contribution in [3.63, 3.8) is 0 Å². The van der Waals surface area contributed by atoms with Crippen LogP contribution in [-0.4, -0.2) is 23.2 Å². The summed E-state index contributed by atoms with van der Waals surface area (Å²) in [5, 5.41) is 5.06. The highest BCUT2D eigenvalue weighted by molar-refractivity contribution is 5.90. The zero-order valence-corrected chi connectivity index (χ0v) is 16.6. The molecule has 144 valence electrons. The minimum atomic E-state index is -0.393. The van der Waals surface area contributed by atoms with Crippen molar-refractivity contribution in [1.82, 2.24) is 10.1 Å². The number of aryl methyl sites for hydroxylation is 2. The number of esters is 1. The lowest BCUT2D eigenvalue weighted by molar-refractivity contribution is 0.0600. The van der Waals surface area contributed by atoms with Crippen molar-refractivity contribution in [1.29, 1.82) is 0 Å². The first-order chi connectivity index (χ1) is 13.6. The fourth-order valence-corrected chi connectivity index (χ4v) is 2.81. The van der Waals surface area contributed by atoms with Crippen molar-refractivity contribution in [2.75, 3.05) is 7.11 Å². The Hall–Kier alpha value is -3.41. The summed E-state index contributed by atoms with van der Waals surface area (Å²) >= 11 is 0. The molecular weight excluding hydrogens is 356 g/mol. The lowest BCUT2D eigenvalue weighted by Crippen LogP contribution is -2.00. The number of methoxy groups -OCH3 is 1. The summed E-state index contributed by atoms with van der Waals surface area (Å²) in [6, 6.07) is 12.8. The zero-order chi connectivity index (χ0) is 20.3. The van der Waals surface area contributed by atoms with Crippen molar-refractivity contribution >= 4 is 16.9 Å². The molecule has 0 amide bonds.